The van der Waals surface area contributed by atoms with E-state index in [1.165, 1.54) is 0 Å². The smallest absolute Gasteiger partial charge is 0.251 e. The number of rotatable bonds is 8. The summed E-state index contributed by atoms with van der Waals surface area (Å²) in [6, 6.07) is 19.3. The molecule has 3 rings (SSSR count). The summed E-state index contributed by atoms with van der Waals surface area (Å²) in [5, 5.41) is 6.26. The van der Waals surface area contributed by atoms with Crippen LogP contribution in [-0.2, 0) is 0 Å². The van der Waals surface area contributed by atoms with Gasteiger partial charge in [0, 0.05) is 29.4 Å². The van der Waals surface area contributed by atoms with Crippen LogP contribution in [0.1, 0.15) is 22.6 Å². The van der Waals surface area contributed by atoms with Gasteiger partial charge in [-0.15, -0.1) is 0 Å². The molecule has 1 heterocycles. The molecule has 0 fully saturated rings. The number of amides is 1. The van der Waals surface area contributed by atoms with Crippen molar-refractivity contribution in [2.75, 3.05) is 32.5 Å². The lowest BCUT2D eigenvalue weighted by molar-refractivity contribution is 0.0952. The highest BCUT2D eigenvalue weighted by molar-refractivity contribution is 5.95. The maximum atomic E-state index is 12.4. The van der Waals surface area contributed by atoms with Gasteiger partial charge in [-0.1, -0.05) is 36.4 Å². The Kier molecular flexibility index (Phi) is 6.92. The molecule has 1 amide bonds. The van der Waals surface area contributed by atoms with Crippen molar-refractivity contribution in [3.05, 3.63) is 72.1 Å². The Bertz CT molecular complexity index is 956. The van der Waals surface area contributed by atoms with Gasteiger partial charge in [-0.05, 0) is 52.2 Å². The van der Waals surface area contributed by atoms with Gasteiger partial charge in [-0.25, -0.2) is 9.97 Å². The predicted octanol–water partition coefficient (Wildman–Crippen LogP) is 3.88. The molecule has 2 N–H and O–H groups in total. The summed E-state index contributed by atoms with van der Waals surface area (Å²) in [5.41, 5.74) is 3.32. The number of aryl methyl sites for hydroxylation is 1. The van der Waals surface area contributed by atoms with Gasteiger partial charge >= 0.3 is 0 Å². The molecule has 0 bridgehead atoms. The van der Waals surface area contributed by atoms with Crippen molar-refractivity contribution in [3.63, 3.8) is 0 Å². The summed E-state index contributed by atoms with van der Waals surface area (Å²) in [4.78, 5) is 23.5. The van der Waals surface area contributed by atoms with Gasteiger partial charge in [0.05, 0.1) is 5.69 Å². The van der Waals surface area contributed by atoms with Crippen LogP contribution in [0.25, 0.3) is 11.3 Å². The molecule has 150 valence electrons. The molecule has 0 aliphatic carbocycles. The zero-order valence-electron chi connectivity index (χ0n) is 17.1. The molecule has 6 heteroatoms. The first-order chi connectivity index (χ1) is 14.0. The van der Waals surface area contributed by atoms with E-state index in [0.29, 0.717) is 23.8 Å². The van der Waals surface area contributed by atoms with Gasteiger partial charge in [0.25, 0.3) is 5.91 Å². The minimum Gasteiger partial charge on any atom is -0.352 e. The van der Waals surface area contributed by atoms with Gasteiger partial charge in [0.15, 0.2) is 0 Å². The van der Waals surface area contributed by atoms with Crippen LogP contribution < -0.4 is 10.6 Å². The second-order valence-corrected chi connectivity index (χ2v) is 7.17. The Labute approximate surface area is 172 Å². The number of aromatic nitrogens is 2. The minimum absolute atomic E-state index is 0.0729. The van der Waals surface area contributed by atoms with Crippen LogP contribution in [-0.4, -0.2) is 48.0 Å². The van der Waals surface area contributed by atoms with Crippen molar-refractivity contribution in [1.29, 1.82) is 0 Å². The zero-order valence-corrected chi connectivity index (χ0v) is 17.1. The van der Waals surface area contributed by atoms with Gasteiger partial charge < -0.3 is 15.5 Å². The molecule has 0 atom stereocenters. The van der Waals surface area contributed by atoms with Gasteiger partial charge in [-0.3, -0.25) is 4.79 Å². The molecule has 6 nitrogen and oxygen atoms in total. The Morgan fingerprint density at radius 2 is 1.79 bits per heavy atom. The highest BCUT2D eigenvalue weighted by Crippen LogP contribution is 2.22. The third-order valence-electron chi connectivity index (χ3n) is 4.37. The quantitative estimate of drug-likeness (QED) is 0.572. The number of benzene rings is 2. The van der Waals surface area contributed by atoms with Gasteiger partial charge in [0.2, 0.25) is 0 Å². The van der Waals surface area contributed by atoms with Crippen LogP contribution in [0.2, 0.25) is 0 Å². The molecule has 0 saturated carbocycles. The molecule has 0 spiro atoms. The van der Waals surface area contributed by atoms with E-state index in [9.17, 15) is 4.79 Å². The molecular weight excluding hydrogens is 362 g/mol. The Balaban J connectivity index is 1.70. The lowest BCUT2D eigenvalue weighted by Crippen LogP contribution is -2.27. The Morgan fingerprint density at radius 3 is 2.55 bits per heavy atom. The lowest BCUT2D eigenvalue weighted by atomic mass is 10.1. The van der Waals surface area contributed by atoms with Crippen LogP contribution >= 0.6 is 0 Å². The second-order valence-electron chi connectivity index (χ2n) is 7.17. The molecule has 0 saturated heterocycles. The molecular formula is C23H27N5O. The van der Waals surface area contributed by atoms with Crippen molar-refractivity contribution >= 4 is 17.4 Å². The van der Waals surface area contributed by atoms with E-state index in [2.05, 4.69) is 25.5 Å². The molecule has 0 aliphatic heterocycles. The molecule has 2 aromatic carbocycles. The molecule has 0 aliphatic rings. The zero-order chi connectivity index (χ0) is 20.6. The standard InChI is InChI=1S/C23H27N5O/c1-17-25-21(18-9-5-4-6-10-18)16-22(26-17)27-20-12-7-11-19(15-20)23(29)24-13-8-14-28(2)3/h4-7,9-12,15-16H,8,13-14H2,1-3H3,(H,24,29)(H,25,26,27). The molecule has 29 heavy (non-hydrogen) atoms. The maximum absolute atomic E-state index is 12.4. The second kappa shape index (κ2) is 9.80. The van der Waals surface area contributed by atoms with Crippen molar-refractivity contribution in [2.45, 2.75) is 13.3 Å². The van der Waals surface area contributed by atoms with E-state index in [-0.39, 0.29) is 5.91 Å². The van der Waals surface area contributed by atoms with E-state index >= 15 is 0 Å². The minimum atomic E-state index is -0.0729. The predicted molar refractivity (Wildman–Crippen MR) is 117 cm³/mol. The molecule has 3 aromatic rings. The lowest BCUT2D eigenvalue weighted by Gasteiger charge is -2.11. The van der Waals surface area contributed by atoms with Crippen molar-refractivity contribution in [1.82, 2.24) is 20.2 Å². The normalized spacial score (nSPS) is 10.8. The first-order valence-corrected chi connectivity index (χ1v) is 9.72. The van der Waals surface area contributed by atoms with E-state index in [0.717, 1.165) is 29.9 Å². The number of carbonyl (C=O) groups is 1. The molecule has 0 unspecified atom stereocenters. The summed E-state index contributed by atoms with van der Waals surface area (Å²) in [5.74, 6) is 1.31. The highest BCUT2D eigenvalue weighted by Gasteiger charge is 2.08. The Hall–Kier alpha value is -3.25. The van der Waals surface area contributed by atoms with E-state index < -0.39 is 0 Å². The van der Waals surface area contributed by atoms with Crippen LogP contribution in [0.15, 0.2) is 60.7 Å². The van der Waals surface area contributed by atoms with Crippen LogP contribution in [0.4, 0.5) is 11.5 Å². The summed E-state index contributed by atoms with van der Waals surface area (Å²) in [7, 11) is 4.05. The highest BCUT2D eigenvalue weighted by atomic mass is 16.1. The number of anilines is 2. The maximum Gasteiger partial charge on any atom is 0.251 e. The third kappa shape index (κ3) is 6.12. The van der Waals surface area contributed by atoms with Crippen molar-refractivity contribution in [2.24, 2.45) is 0 Å². The van der Waals surface area contributed by atoms with E-state index in [1.54, 1.807) is 0 Å². The van der Waals surface area contributed by atoms with Crippen molar-refractivity contribution < 1.29 is 4.79 Å². The SMILES string of the molecule is Cc1nc(Nc2cccc(C(=O)NCCCN(C)C)c2)cc(-c2ccccc2)n1. The van der Waals surface area contributed by atoms with Crippen LogP contribution in [0.5, 0.6) is 0 Å². The largest absolute Gasteiger partial charge is 0.352 e. The average Bonchev–Trinajstić information content (AvgIpc) is 2.71. The van der Waals surface area contributed by atoms with Gasteiger partial charge in [-0.2, -0.15) is 0 Å². The van der Waals surface area contributed by atoms with E-state index in [4.69, 9.17) is 0 Å². The molecule has 1 aromatic heterocycles. The first kappa shape index (κ1) is 20.5. The number of nitrogens with zero attached hydrogens (tertiary/aromatic N) is 3. The molecule has 0 radical (unpaired) electrons. The summed E-state index contributed by atoms with van der Waals surface area (Å²) >= 11 is 0. The van der Waals surface area contributed by atoms with Crippen LogP contribution in [0, 0.1) is 6.92 Å². The number of hydrogen-bond donors (Lipinski definition) is 2. The average molecular weight is 390 g/mol. The number of nitrogens with one attached hydrogen (secondary N) is 2. The first-order valence-electron chi connectivity index (χ1n) is 9.72. The van der Waals surface area contributed by atoms with Crippen LogP contribution in [0.3, 0.4) is 0 Å². The summed E-state index contributed by atoms with van der Waals surface area (Å²) < 4.78 is 0. The number of hydrogen-bond acceptors (Lipinski definition) is 5. The monoisotopic (exact) mass is 389 g/mol. The van der Waals surface area contributed by atoms with Gasteiger partial charge in [0.1, 0.15) is 11.6 Å². The van der Waals surface area contributed by atoms with Crippen molar-refractivity contribution in [3.8, 4) is 11.3 Å². The summed E-state index contributed by atoms with van der Waals surface area (Å²) in [6.45, 7) is 3.47. The Morgan fingerprint density at radius 1 is 1.00 bits per heavy atom. The fourth-order valence-corrected chi connectivity index (χ4v) is 2.97. The number of carbonyl (C=O) groups excluding carboxylic acids is 1. The fourth-order valence-electron chi connectivity index (χ4n) is 2.97. The third-order valence-corrected chi connectivity index (χ3v) is 4.37. The topological polar surface area (TPSA) is 70.2 Å². The van der Waals surface area contributed by atoms with E-state index in [1.807, 2.05) is 81.7 Å². The fraction of sp³-hybridized carbons (Fsp3) is 0.261. The summed E-state index contributed by atoms with van der Waals surface area (Å²) in [6.07, 6.45) is 0.916.